The fourth-order valence-electron chi connectivity index (χ4n) is 4.68. The number of hydrogen-bond acceptors (Lipinski definition) is 7. The van der Waals surface area contributed by atoms with E-state index in [-0.39, 0.29) is 29.9 Å². The highest BCUT2D eigenvalue weighted by Gasteiger charge is 2.41. The number of likely N-dealkylation sites (N-methyl/N-ethyl adjacent to an activating group) is 1. The van der Waals surface area contributed by atoms with E-state index >= 15 is 0 Å². The number of carbonyl (C=O) groups excluding carboxylic acids is 1. The van der Waals surface area contributed by atoms with E-state index in [1.54, 1.807) is 26.4 Å². The van der Waals surface area contributed by atoms with E-state index in [2.05, 4.69) is 25.8 Å². The predicted molar refractivity (Wildman–Crippen MR) is 120 cm³/mol. The summed E-state index contributed by atoms with van der Waals surface area (Å²) in [5.41, 5.74) is 1.53. The number of nitrogens with zero attached hydrogens (tertiary/aromatic N) is 6. The molecule has 1 fully saturated rings. The first-order valence-electron chi connectivity index (χ1n) is 10.5. The van der Waals surface area contributed by atoms with E-state index in [0.29, 0.717) is 11.6 Å². The Kier molecular flexibility index (Phi) is 7.24. The fraction of sp³-hybridized carbons (Fsp3) is 0.500. The highest BCUT2D eigenvalue weighted by Crippen LogP contribution is 2.42. The zero-order valence-electron chi connectivity index (χ0n) is 18.9. The van der Waals surface area contributed by atoms with Crippen molar-refractivity contribution < 1.29 is 14.7 Å². The van der Waals surface area contributed by atoms with E-state index in [1.807, 2.05) is 24.7 Å². The second-order valence-electron chi connectivity index (χ2n) is 8.65. The van der Waals surface area contributed by atoms with Crippen molar-refractivity contribution >= 4 is 18.2 Å². The second kappa shape index (κ2) is 9.90. The van der Waals surface area contributed by atoms with Gasteiger partial charge in [0.15, 0.2) is 0 Å². The molecule has 0 saturated carbocycles. The molecule has 4 heterocycles. The van der Waals surface area contributed by atoms with Crippen LogP contribution in [-0.2, 0) is 4.79 Å². The van der Waals surface area contributed by atoms with Gasteiger partial charge in [0.2, 0.25) is 0 Å². The number of pyridine rings is 1. The standard InChI is InChI=1S/C21H28N6O2.CH2O2/c1-24(2)13-18-15-8-14(17-6-5-7-20(28)27(17)18)11-26(12-15)19-10-22-9-16(23-19)21(29)25(3)4;2-1-3/h5-7,9-10,14-15,18H,8,11-13H2,1-4H3;1H,(H,2,3)/t14-,15+,18+;/m1./s1. The highest BCUT2D eigenvalue weighted by molar-refractivity contribution is 5.91. The summed E-state index contributed by atoms with van der Waals surface area (Å²) in [6.07, 6.45) is 4.30. The summed E-state index contributed by atoms with van der Waals surface area (Å²) in [6.45, 7) is 2.12. The minimum Gasteiger partial charge on any atom is -0.483 e. The lowest BCUT2D eigenvalue weighted by Crippen LogP contribution is -2.51. The molecule has 0 aliphatic carbocycles. The van der Waals surface area contributed by atoms with Crippen LogP contribution in [0.2, 0.25) is 0 Å². The van der Waals surface area contributed by atoms with E-state index in [0.717, 1.165) is 37.6 Å². The molecule has 0 aromatic carbocycles. The van der Waals surface area contributed by atoms with Crippen LogP contribution in [0.4, 0.5) is 5.82 Å². The lowest BCUT2D eigenvalue weighted by atomic mass is 9.78. The maximum absolute atomic E-state index is 12.7. The molecule has 1 N–H and O–H groups in total. The van der Waals surface area contributed by atoms with Gasteiger partial charge >= 0.3 is 0 Å². The van der Waals surface area contributed by atoms with Crippen molar-refractivity contribution in [3.8, 4) is 0 Å². The highest BCUT2D eigenvalue weighted by atomic mass is 16.3. The average molecular weight is 443 g/mol. The number of carboxylic acid groups (broad SMARTS) is 1. The Morgan fingerprint density at radius 1 is 1.22 bits per heavy atom. The Morgan fingerprint density at radius 3 is 2.59 bits per heavy atom. The smallest absolute Gasteiger partial charge is 0.290 e. The molecule has 2 aromatic rings. The van der Waals surface area contributed by atoms with Crippen LogP contribution in [0.25, 0.3) is 0 Å². The maximum Gasteiger partial charge on any atom is 0.290 e. The number of fused-ring (bicyclic) bond motifs is 4. The van der Waals surface area contributed by atoms with Gasteiger partial charge in [0, 0.05) is 51.4 Å². The molecular formula is C22H30N6O4. The van der Waals surface area contributed by atoms with Crippen LogP contribution in [0.1, 0.15) is 34.6 Å². The normalized spacial score (nSPS) is 21.3. The van der Waals surface area contributed by atoms with Gasteiger partial charge in [-0.05, 0) is 32.5 Å². The van der Waals surface area contributed by atoms with Gasteiger partial charge in [-0.15, -0.1) is 0 Å². The summed E-state index contributed by atoms with van der Waals surface area (Å²) in [7, 11) is 7.51. The van der Waals surface area contributed by atoms with Crippen LogP contribution in [-0.4, -0.2) is 89.6 Å². The van der Waals surface area contributed by atoms with E-state index in [4.69, 9.17) is 9.90 Å². The molecule has 2 bridgehead atoms. The summed E-state index contributed by atoms with van der Waals surface area (Å²) in [6, 6.07) is 5.71. The van der Waals surface area contributed by atoms with Crippen LogP contribution in [0, 0.1) is 5.92 Å². The van der Waals surface area contributed by atoms with Crippen molar-refractivity contribution in [2.75, 3.05) is 52.7 Å². The summed E-state index contributed by atoms with van der Waals surface area (Å²) < 4.78 is 2.01. The maximum atomic E-state index is 12.7. The van der Waals surface area contributed by atoms with E-state index in [9.17, 15) is 9.59 Å². The molecule has 2 aliphatic heterocycles. The molecule has 3 atom stereocenters. The molecule has 0 unspecified atom stereocenters. The molecule has 0 spiro atoms. The summed E-state index contributed by atoms with van der Waals surface area (Å²) in [5, 5.41) is 6.89. The van der Waals surface area contributed by atoms with Crippen LogP contribution in [0.15, 0.2) is 35.4 Å². The number of rotatable bonds is 4. The Balaban J connectivity index is 0.000000913. The Labute approximate surface area is 187 Å². The quantitative estimate of drug-likeness (QED) is 0.691. The zero-order chi connectivity index (χ0) is 23.4. The fourth-order valence-corrected chi connectivity index (χ4v) is 4.68. The minimum absolute atomic E-state index is 0.0795. The predicted octanol–water partition coefficient (Wildman–Crippen LogP) is 0.767. The number of piperidine rings is 1. The molecule has 10 nitrogen and oxygen atoms in total. The van der Waals surface area contributed by atoms with Crippen LogP contribution in [0.3, 0.4) is 0 Å². The number of hydrogen-bond donors (Lipinski definition) is 1. The average Bonchev–Trinajstić information content (AvgIpc) is 2.76. The third-order valence-electron chi connectivity index (χ3n) is 5.92. The summed E-state index contributed by atoms with van der Waals surface area (Å²) in [5.74, 6) is 1.16. The number of amides is 1. The molecule has 4 rings (SSSR count). The van der Waals surface area contributed by atoms with Crippen molar-refractivity contribution in [3.05, 3.63) is 52.3 Å². The molecule has 2 aliphatic rings. The van der Waals surface area contributed by atoms with Crippen LogP contribution < -0.4 is 10.5 Å². The van der Waals surface area contributed by atoms with Crippen molar-refractivity contribution in [1.82, 2.24) is 24.3 Å². The van der Waals surface area contributed by atoms with Crippen molar-refractivity contribution in [2.24, 2.45) is 5.92 Å². The van der Waals surface area contributed by atoms with Gasteiger partial charge in [-0.3, -0.25) is 19.4 Å². The monoisotopic (exact) mass is 442 g/mol. The van der Waals surface area contributed by atoms with Crippen LogP contribution >= 0.6 is 0 Å². The molecule has 1 amide bonds. The number of anilines is 1. The van der Waals surface area contributed by atoms with Crippen LogP contribution in [0.5, 0.6) is 0 Å². The number of carbonyl (C=O) groups is 2. The SMILES string of the molecule is CN(C)C[C@H]1[C@H]2C[C@H](CN(c3cncc(C(=O)N(C)C)n3)C2)c2cccc(=O)n21.O=CO. The Morgan fingerprint density at radius 2 is 1.94 bits per heavy atom. The molecule has 1 saturated heterocycles. The number of aromatic nitrogens is 3. The molecule has 32 heavy (non-hydrogen) atoms. The third kappa shape index (κ3) is 4.80. The molecular weight excluding hydrogens is 412 g/mol. The molecule has 172 valence electrons. The summed E-state index contributed by atoms with van der Waals surface area (Å²) in [4.78, 5) is 48.1. The van der Waals surface area contributed by atoms with E-state index < -0.39 is 0 Å². The molecule has 2 aromatic heterocycles. The Hall–Kier alpha value is -3.27. The first-order chi connectivity index (χ1) is 15.3. The minimum atomic E-state index is -0.250. The van der Waals surface area contributed by atoms with Gasteiger partial charge in [0.1, 0.15) is 11.5 Å². The van der Waals surface area contributed by atoms with Gasteiger partial charge in [0.25, 0.3) is 17.9 Å². The third-order valence-corrected chi connectivity index (χ3v) is 5.92. The zero-order valence-corrected chi connectivity index (χ0v) is 18.9. The lowest BCUT2D eigenvalue weighted by molar-refractivity contribution is -0.122. The largest absolute Gasteiger partial charge is 0.483 e. The topological polar surface area (TPSA) is 112 Å². The van der Waals surface area contributed by atoms with Crippen molar-refractivity contribution in [1.29, 1.82) is 0 Å². The van der Waals surface area contributed by atoms with Crippen molar-refractivity contribution in [3.63, 3.8) is 0 Å². The van der Waals surface area contributed by atoms with Gasteiger partial charge in [-0.2, -0.15) is 0 Å². The molecule has 10 heteroatoms. The van der Waals surface area contributed by atoms with Gasteiger partial charge in [-0.1, -0.05) is 6.07 Å². The van der Waals surface area contributed by atoms with Gasteiger partial charge in [0.05, 0.1) is 18.4 Å². The van der Waals surface area contributed by atoms with Gasteiger partial charge in [-0.25, -0.2) is 4.98 Å². The summed E-state index contributed by atoms with van der Waals surface area (Å²) >= 11 is 0. The Bertz CT molecular complexity index is 1020. The lowest BCUT2D eigenvalue weighted by Gasteiger charge is -2.47. The first-order valence-corrected chi connectivity index (χ1v) is 10.5. The van der Waals surface area contributed by atoms with E-state index in [1.165, 1.54) is 11.1 Å². The van der Waals surface area contributed by atoms with Crippen molar-refractivity contribution in [2.45, 2.75) is 18.4 Å². The van der Waals surface area contributed by atoms with Gasteiger partial charge < -0.3 is 24.4 Å². The molecule has 0 radical (unpaired) electrons. The second-order valence-corrected chi connectivity index (χ2v) is 8.65. The first kappa shape index (κ1) is 23.4.